The van der Waals surface area contributed by atoms with E-state index in [0.717, 1.165) is 30.7 Å². The summed E-state index contributed by atoms with van der Waals surface area (Å²) < 4.78 is 30.2. The Bertz CT molecular complexity index is 992. The highest BCUT2D eigenvalue weighted by atomic mass is 127. The van der Waals surface area contributed by atoms with Crippen LogP contribution in [0.5, 0.6) is 0 Å². The van der Waals surface area contributed by atoms with E-state index in [0.29, 0.717) is 0 Å². The Labute approximate surface area is 171 Å². The molecule has 0 unspecified atom stereocenters. The van der Waals surface area contributed by atoms with Crippen LogP contribution in [-0.2, 0) is 0 Å². The Morgan fingerprint density at radius 3 is 1.92 bits per heavy atom. The van der Waals surface area contributed by atoms with Gasteiger partial charge in [0.05, 0.1) is 16.7 Å². The fraction of sp³-hybridized carbons (Fsp3) is 0.176. The monoisotopic (exact) mass is 504 g/mol. The van der Waals surface area contributed by atoms with Gasteiger partial charge in [-0.2, -0.15) is 0 Å². The van der Waals surface area contributed by atoms with Gasteiger partial charge in [0.2, 0.25) is 0 Å². The summed E-state index contributed by atoms with van der Waals surface area (Å²) in [7, 11) is 0. The van der Waals surface area contributed by atoms with Crippen LogP contribution in [0.4, 0.5) is 8.78 Å². The molecule has 4 nitrogen and oxygen atoms in total. The van der Waals surface area contributed by atoms with Crippen molar-refractivity contribution >= 4 is 57.1 Å². The van der Waals surface area contributed by atoms with Crippen LogP contribution in [0.1, 0.15) is 5.69 Å². The summed E-state index contributed by atoms with van der Waals surface area (Å²) >= 11 is 5.17. The summed E-state index contributed by atoms with van der Waals surface area (Å²) in [5.41, 5.74) is 2.85. The van der Waals surface area contributed by atoms with Gasteiger partial charge >= 0.3 is 0 Å². The van der Waals surface area contributed by atoms with Crippen molar-refractivity contribution in [3.05, 3.63) is 57.7 Å². The lowest BCUT2D eigenvalue weighted by molar-refractivity contribution is 0.615. The van der Waals surface area contributed by atoms with Gasteiger partial charge in [-0.1, -0.05) is 23.5 Å². The van der Waals surface area contributed by atoms with E-state index in [1.54, 1.807) is 20.9 Å². The summed E-state index contributed by atoms with van der Waals surface area (Å²) in [5, 5.41) is 1.64. The minimum atomic E-state index is -0.239. The normalized spacial score (nSPS) is 11.0. The lowest BCUT2D eigenvalue weighted by Gasteiger charge is -1.96. The Morgan fingerprint density at radius 1 is 0.846 bits per heavy atom. The summed E-state index contributed by atoms with van der Waals surface area (Å²) in [6.07, 6.45) is 6.77. The minimum absolute atomic E-state index is 0.236. The molecular weight excluding hydrogens is 489 g/mol. The Kier molecular flexibility index (Phi) is 6.08. The SMILES string of the molecule is CSc1nc(C)c2ccc(F)cn12.CSc1nc(I)c2ccc(F)cn12. The number of nitrogens with zero attached hydrogens (tertiary/aromatic N) is 4. The fourth-order valence-corrected chi connectivity index (χ4v) is 4.40. The summed E-state index contributed by atoms with van der Waals surface area (Å²) in [6.45, 7) is 1.92. The van der Waals surface area contributed by atoms with E-state index >= 15 is 0 Å². The molecule has 9 heteroatoms. The first-order chi connectivity index (χ1) is 12.4. The molecule has 0 radical (unpaired) electrons. The molecular formula is C17H15F2IN4S2. The Morgan fingerprint density at radius 2 is 1.35 bits per heavy atom. The molecule has 4 aromatic heterocycles. The van der Waals surface area contributed by atoms with Crippen molar-refractivity contribution in [3.63, 3.8) is 0 Å². The second-order valence-corrected chi connectivity index (χ2v) is 7.85. The highest BCUT2D eigenvalue weighted by Gasteiger charge is 2.08. The van der Waals surface area contributed by atoms with Crippen LogP contribution in [0.25, 0.3) is 11.0 Å². The molecule has 4 rings (SSSR count). The molecule has 0 atom stereocenters. The number of hydrogen-bond acceptors (Lipinski definition) is 4. The van der Waals surface area contributed by atoms with Gasteiger partial charge in [-0.3, -0.25) is 8.80 Å². The predicted molar refractivity (Wildman–Crippen MR) is 111 cm³/mol. The molecule has 0 aliphatic carbocycles. The van der Waals surface area contributed by atoms with Gasteiger partial charge in [0.25, 0.3) is 0 Å². The highest BCUT2D eigenvalue weighted by molar-refractivity contribution is 14.1. The predicted octanol–water partition coefficient (Wildman–Crippen LogP) is 5.30. The average Bonchev–Trinajstić information content (AvgIpc) is 3.11. The van der Waals surface area contributed by atoms with E-state index < -0.39 is 0 Å². The molecule has 0 saturated heterocycles. The molecule has 4 heterocycles. The number of hydrogen-bond donors (Lipinski definition) is 0. The number of aromatic nitrogens is 4. The molecule has 0 aromatic carbocycles. The first-order valence-electron chi connectivity index (χ1n) is 7.50. The first-order valence-corrected chi connectivity index (χ1v) is 11.0. The average molecular weight is 504 g/mol. The number of aryl methyl sites for hydroxylation is 1. The van der Waals surface area contributed by atoms with Crippen molar-refractivity contribution < 1.29 is 8.78 Å². The molecule has 0 N–H and O–H groups in total. The number of thioether (sulfide) groups is 2. The van der Waals surface area contributed by atoms with E-state index in [4.69, 9.17) is 0 Å². The van der Waals surface area contributed by atoms with Crippen molar-refractivity contribution in [2.45, 2.75) is 17.2 Å². The van der Waals surface area contributed by atoms with Gasteiger partial charge in [-0.25, -0.2) is 18.7 Å². The van der Waals surface area contributed by atoms with Crippen molar-refractivity contribution in [1.29, 1.82) is 0 Å². The van der Waals surface area contributed by atoms with Crippen molar-refractivity contribution in [2.24, 2.45) is 0 Å². The standard InChI is InChI=1S/C9H9FN2S.C8H6FIN2S/c1-6-8-4-3-7(10)5-12(8)9(11-6)13-2;1-13-8-11-7(10)6-3-2-5(9)4-12(6)8/h3-5H,1-2H3;2-4H,1H3. The highest BCUT2D eigenvalue weighted by Crippen LogP contribution is 2.21. The number of rotatable bonds is 2. The lowest BCUT2D eigenvalue weighted by Crippen LogP contribution is -1.87. The molecule has 0 bridgehead atoms. The second-order valence-electron chi connectivity index (χ2n) is 5.28. The van der Waals surface area contributed by atoms with E-state index in [1.165, 1.54) is 48.1 Å². The third-order valence-electron chi connectivity index (χ3n) is 3.64. The number of imidazole rings is 2. The summed E-state index contributed by atoms with van der Waals surface area (Å²) in [6, 6.07) is 6.39. The fourth-order valence-electron chi connectivity index (χ4n) is 2.47. The van der Waals surface area contributed by atoms with Crippen molar-refractivity contribution in [3.8, 4) is 0 Å². The van der Waals surface area contributed by atoms with E-state index in [1.807, 2.05) is 19.4 Å². The van der Waals surface area contributed by atoms with Crippen LogP contribution in [0.3, 0.4) is 0 Å². The smallest absolute Gasteiger partial charge is 0.173 e. The van der Waals surface area contributed by atoms with Crippen LogP contribution in [0, 0.1) is 22.3 Å². The zero-order valence-electron chi connectivity index (χ0n) is 14.2. The molecule has 4 aromatic rings. The number of halogens is 3. The quantitative estimate of drug-likeness (QED) is 0.274. The Hall–Kier alpha value is -1.33. The van der Waals surface area contributed by atoms with E-state index in [2.05, 4.69) is 32.6 Å². The maximum atomic E-state index is 12.9. The molecule has 0 aliphatic heterocycles. The second kappa shape index (κ2) is 8.13. The number of fused-ring (bicyclic) bond motifs is 2. The third-order valence-corrected chi connectivity index (χ3v) is 5.74. The molecule has 0 fully saturated rings. The van der Waals surface area contributed by atoms with Crippen LogP contribution < -0.4 is 0 Å². The molecule has 0 spiro atoms. The summed E-state index contributed by atoms with van der Waals surface area (Å²) in [5.74, 6) is -0.475. The van der Waals surface area contributed by atoms with Gasteiger partial charge in [0.1, 0.15) is 15.3 Å². The van der Waals surface area contributed by atoms with Crippen LogP contribution in [-0.4, -0.2) is 31.3 Å². The van der Waals surface area contributed by atoms with Crippen LogP contribution >= 0.6 is 46.1 Å². The van der Waals surface area contributed by atoms with Crippen LogP contribution in [0.15, 0.2) is 47.0 Å². The zero-order chi connectivity index (χ0) is 18.8. The molecule has 0 amide bonds. The first kappa shape index (κ1) is 19.4. The maximum Gasteiger partial charge on any atom is 0.173 e. The van der Waals surface area contributed by atoms with E-state index in [9.17, 15) is 8.78 Å². The molecule has 26 heavy (non-hydrogen) atoms. The molecule has 0 aliphatic rings. The van der Waals surface area contributed by atoms with Gasteiger partial charge in [0.15, 0.2) is 10.3 Å². The van der Waals surface area contributed by atoms with Crippen molar-refractivity contribution in [1.82, 2.24) is 18.8 Å². The minimum Gasteiger partial charge on any atom is -0.292 e. The third kappa shape index (κ3) is 3.84. The lowest BCUT2D eigenvalue weighted by atomic mass is 10.3. The van der Waals surface area contributed by atoms with Gasteiger partial charge in [-0.15, -0.1) is 0 Å². The molecule has 0 saturated carbocycles. The van der Waals surface area contributed by atoms with Crippen molar-refractivity contribution in [2.75, 3.05) is 12.5 Å². The van der Waals surface area contributed by atoms with E-state index in [-0.39, 0.29) is 11.6 Å². The van der Waals surface area contributed by atoms with Gasteiger partial charge < -0.3 is 0 Å². The zero-order valence-corrected chi connectivity index (χ0v) is 18.0. The molecule has 136 valence electrons. The topological polar surface area (TPSA) is 34.6 Å². The van der Waals surface area contributed by atoms with Gasteiger partial charge in [0, 0.05) is 12.4 Å². The largest absolute Gasteiger partial charge is 0.292 e. The Balaban J connectivity index is 0.000000151. The van der Waals surface area contributed by atoms with Crippen LogP contribution in [0.2, 0.25) is 0 Å². The van der Waals surface area contributed by atoms with Gasteiger partial charge in [-0.05, 0) is 66.3 Å². The number of pyridine rings is 2. The summed E-state index contributed by atoms with van der Waals surface area (Å²) in [4.78, 5) is 8.60. The maximum absolute atomic E-state index is 12.9.